The van der Waals surface area contributed by atoms with E-state index in [1.807, 2.05) is 0 Å². The molecule has 10 saturated carbocycles. The van der Waals surface area contributed by atoms with Crippen LogP contribution < -0.4 is 0 Å². The Labute approximate surface area is 270 Å². The molecule has 0 aromatic rings. The van der Waals surface area contributed by atoms with Gasteiger partial charge in [-0.15, -0.1) is 0 Å². The van der Waals surface area contributed by atoms with Crippen LogP contribution in [0.1, 0.15) is 149 Å². The number of hydrogen-bond donors (Lipinski definition) is 0. The summed E-state index contributed by atoms with van der Waals surface area (Å²) in [6.07, 6.45) is 32.3. The summed E-state index contributed by atoms with van der Waals surface area (Å²) < 4.78 is 0. The molecule has 12 rings (SSSR count). The largest absolute Gasteiger partial charge is 0.155 e. The van der Waals surface area contributed by atoms with Gasteiger partial charge in [0.25, 0.3) is 0 Å². The molecule has 43 heavy (non-hydrogen) atoms. The van der Waals surface area contributed by atoms with Gasteiger partial charge in [0.05, 0.1) is 0 Å². The van der Waals surface area contributed by atoms with Crippen LogP contribution in [0.3, 0.4) is 0 Å². The highest BCUT2D eigenvalue weighted by Crippen LogP contribution is 2.72. The van der Waals surface area contributed by atoms with E-state index >= 15 is 0 Å². The summed E-state index contributed by atoms with van der Waals surface area (Å²) in [5.74, 6) is 16.1. The first-order valence-electron chi connectivity index (χ1n) is 20.6. The molecule has 0 nitrogen and oxygen atoms in total. The summed E-state index contributed by atoms with van der Waals surface area (Å²) in [5, 5.41) is 2.08. The number of thioether (sulfide) groups is 1. The first kappa shape index (κ1) is 28.4. The van der Waals surface area contributed by atoms with Gasteiger partial charge >= 0.3 is 0 Å². The van der Waals surface area contributed by atoms with Crippen LogP contribution in [-0.4, -0.2) is 10.5 Å². The van der Waals surface area contributed by atoms with Crippen molar-refractivity contribution < 1.29 is 0 Å². The zero-order valence-corrected chi connectivity index (χ0v) is 29.2. The molecule has 12 fully saturated rings. The maximum absolute atomic E-state index is 2.98. The summed E-state index contributed by atoms with van der Waals surface area (Å²) in [5.41, 5.74) is 1.46. The molecular formula is C42H66S. The zero-order valence-electron chi connectivity index (χ0n) is 28.4. The summed E-state index contributed by atoms with van der Waals surface area (Å²) in [4.78, 5) is 0. The monoisotopic (exact) mass is 602 g/mol. The zero-order chi connectivity index (χ0) is 28.7. The van der Waals surface area contributed by atoms with E-state index in [4.69, 9.17) is 0 Å². The van der Waals surface area contributed by atoms with Crippen molar-refractivity contribution in [1.29, 1.82) is 0 Å². The number of hydrogen-bond acceptors (Lipinski definition) is 1. The highest BCUT2D eigenvalue weighted by Gasteiger charge is 2.64. The van der Waals surface area contributed by atoms with Crippen molar-refractivity contribution >= 4 is 11.8 Å². The molecule has 1 heteroatoms. The van der Waals surface area contributed by atoms with Crippen LogP contribution in [0.5, 0.6) is 0 Å². The van der Waals surface area contributed by atoms with Gasteiger partial charge in [-0.1, -0.05) is 27.2 Å². The molecule has 0 N–H and O–H groups in total. The standard InChI is InChI=1S/C42H66S/c1-24-30-6-7-32(19-30)39(24)42-14-10-27(11-15-42)18-37(42)26(3)38(36-17-29-4-5-31(36)16-29)40(41-12-8-28(23-41)9-13-41)25(2)33-20-34-22-35(21-33)43-34/h24-40H,4-23H2,1-3H3/t24-,25-,26+,27?,28?,29?,30?,31?,32?,33?,34?,35?,36?,37?,38?,39?,40?,41?,42?/m0/s1. The average Bonchev–Trinajstić information content (AvgIpc) is 3.88. The molecule has 0 radical (unpaired) electrons. The molecule has 12 aliphatic rings. The fourth-order valence-corrected chi connectivity index (χ4v) is 19.3. The molecule has 0 spiro atoms. The maximum Gasteiger partial charge on any atom is 0.00631 e. The Hall–Kier alpha value is 0.350. The molecule has 10 bridgehead atoms. The molecule has 2 saturated heterocycles. The van der Waals surface area contributed by atoms with Gasteiger partial charge in [0.2, 0.25) is 0 Å². The number of rotatable bonds is 8. The Balaban J connectivity index is 1.06. The molecule has 2 aliphatic heterocycles. The summed E-state index contributed by atoms with van der Waals surface area (Å²) >= 11 is 2.39. The second-order valence-electron chi connectivity index (χ2n) is 20.3. The minimum Gasteiger partial charge on any atom is -0.155 e. The van der Waals surface area contributed by atoms with E-state index in [1.54, 1.807) is 128 Å². The summed E-state index contributed by atoms with van der Waals surface area (Å²) in [7, 11) is 0. The van der Waals surface area contributed by atoms with Crippen LogP contribution in [0.15, 0.2) is 0 Å². The minimum absolute atomic E-state index is 0.728. The lowest BCUT2D eigenvalue weighted by atomic mass is 9.42. The average molecular weight is 603 g/mol. The third-order valence-electron chi connectivity index (χ3n) is 19.2. The van der Waals surface area contributed by atoms with Gasteiger partial charge in [-0.25, -0.2) is 0 Å². The van der Waals surface area contributed by atoms with Crippen LogP contribution in [0.4, 0.5) is 0 Å². The van der Waals surface area contributed by atoms with E-state index in [9.17, 15) is 0 Å². The Morgan fingerprint density at radius 3 is 1.91 bits per heavy atom. The first-order chi connectivity index (χ1) is 20.9. The second-order valence-corrected chi connectivity index (χ2v) is 21.9. The quantitative estimate of drug-likeness (QED) is 0.266. The van der Waals surface area contributed by atoms with Gasteiger partial charge in [0, 0.05) is 10.5 Å². The van der Waals surface area contributed by atoms with Crippen molar-refractivity contribution in [3.8, 4) is 0 Å². The van der Waals surface area contributed by atoms with Gasteiger partial charge in [0.15, 0.2) is 0 Å². The Morgan fingerprint density at radius 1 is 0.605 bits per heavy atom. The van der Waals surface area contributed by atoms with Crippen LogP contribution in [0.25, 0.3) is 0 Å². The van der Waals surface area contributed by atoms with E-state index in [-0.39, 0.29) is 0 Å². The van der Waals surface area contributed by atoms with E-state index < -0.39 is 0 Å². The van der Waals surface area contributed by atoms with Crippen molar-refractivity contribution in [2.45, 2.75) is 160 Å². The van der Waals surface area contributed by atoms with Crippen molar-refractivity contribution in [2.75, 3.05) is 0 Å². The normalized spacial score (nSPS) is 58.5. The lowest BCUT2D eigenvalue weighted by molar-refractivity contribution is -0.139. The van der Waals surface area contributed by atoms with E-state index in [0.29, 0.717) is 0 Å². The molecule has 0 amide bonds. The topological polar surface area (TPSA) is 0 Å². The molecule has 0 aromatic heterocycles. The smallest absolute Gasteiger partial charge is 0.00631 e. The van der Waals surface area contributed by atoms with Gasteiger partial charge in [0.1, 0.15) is 0 Å². The molecule has 0 aromatic carbocycles. The lowest BCUT2D eigenvalue weighted by Gasteiger charge is -2.63. The van der Waals surface area contributed by atoms with Crippen molar-refractivity contribution in [3.63, 3.8) is 0 Å². The molecule has 2 heterocycles. The molecule has 240 valence electrons. The van der Waals surface area contributed by atoms with E-state index in [0.717, 1.165) is 110 Å². The molecule has 14 atom stereocenters. The SMILES string of the molecule is C[C@@H](C1CC2CC(C1)S2)C(C(C1CC2CCC1C2)[C@H](C)C1CC2CCC1(C1C3CCC(C3)[C@@H]1C)CC2)C12CCC(CC1)C2. The Kier molecular flexibility index (Phi) is 6.71. The number of fused-ring (bicyclic) bond motifs is 11. The van der Waals surface area contributed by atoms with Gasteiger partial charge in [-0.2, -0.15) is 11.8 Å². The Bertz CT molecular complexity index is 1040. The van der Waals surface area contributed by atoms with Crippen molar-refractivity contribution in [2.24, 2.45) is 99.6 Å². The fourth-order valence-electron chi connectivity index (χ4n) is 17.7. The molecule has 10 aliphatic carbocycles. The summed E-state index contributed by atoms with van der Waals surface area (Å²) in [6.45, 7) is 8.65. The minimum atomic E-state index is 0.728. The van der Waals surface area contributed by atoms with Gasteiger partial charge in [-0.3, -0.25) is 0 Å². The maximum atomic E-state index is 2.98. The molecular weight excluding hydrogens is 537 g/mol. The first-order valence-corrected chi connectivity index (χ1v) is 21.5. The van der Waals surface area contributed by atoms with E-state index in [1.165, 1.54) is 0 Å². The highest BCUT2D eigenvalue weighted by atomic mass is 32.2. The highest BCUT2D eigenvalue weighted by molar-refractivity contribution is 8.01. The van der Waals surface area contributed by atoms with Crippen molar-refractivity contribution in [1.82, 2.24) is 0 Å². The fraction of sp³-hybridized carbons (Fsp3) is 1.00. The van der Waals surface area contributed by atoms with Crippen LogP contribution >= 0.6 is 11.8 Å². The van der Waals surface area contributed by atoms with Crippen LogP contribution in [-0.2, 0) is 0 Å². The predicted molar refractivity (Wildman–Crippen MR) is 182 cm³/mol. The predicted octanol–water partition coefficient (Wildman–Crippen LogP) is 11.7. The second kappa shape index (κ2) is 10.2. The van der Waals surface area contributed by atoms with Crippen LogP contribution in [0, 0.1) is 99.6 Å². The third kappa shape index (κ3) is 4.12. The van der Waals surface area contributed by atoms with Gasteiger partial charge < -0.3 is 0 Å². The van der Waals surface area contributed by atoms with Crippen molar-refractivity contribution in [3.05, 3.63) is 0 Å². The van der Waals surface area contributed by atoms with Crippen LogP contribution in [0.2, 0.25) is 0 Å². The van der Waals surface area contributed by atoms with Gasteiger partial charge in [-0.05, 0) is 222 Å². The Morgan fingerprint density at radius 2 is 1.30 bits per heavy atom. The lowest BCUT2D eigenvalue weighted by Crippen LogP contribution is -2.56. The summed E-state index contributed by atoms with van der Waals surface area (Å²) in [6, 6.07) is 0. The molecule has 11 unspecified atom stereocenters. The van der Waals surface area contributed by atoms with E-state index in [2.05, 4.69) is 32.5 Å². The third-order valence-corrected chi connectivity index (χ3v) is 20.7.